The summed E-state index contributed by atoms with van der Waals surface area (Å²) in [5, 5.41) is 14.2. The predicted octanol–water partition coefficient (Wildman–Crippen LogP) is 4.26. The van der Waals surface area contributed by atoms with Crippen LogP contribution >= 0.6 is 0 Å². The zero-order valence-electron chi connectivity index (χ0n) is 18.1. The molecule has 0 aliphatic heterocycles. The Kier molecular flexibility index (Phi) is 5.94. The molecule has 2 fully saturated rings. The quantitative estimate of drug-likeness (QED) is 0.476. The number of carbonyl (C=O) groups excluding carboxylic acids is 1. The summed E-state index contributed by atoms with van der Waals surface area (Å²) in [5.41, 5.74) is 0.841. The number of hydrogen-bond donors (Lipinski definition) is 2. The van der Waals surface area contributed by atoms with Crippen molar-refractivity contribution in [3.05, 3.63) is 63.7 Å². The highest BCUT2D eigenvalue weighted by Gasteiger charge is 2.42. The van der Waals surface area contributed by atoms with Gasteiger partial charge in [-0.3, -0.25) is 19.6 Å². The maximum absolute atomic E-state index is 12.7. The van der Waals surface area contributed by atoms with Gasteiger partial charge in [-0.05, 0) is 81.2 Å². The maximum Gasteiger partial charge on any atom is 0.273 e. The van der Waals surface area contributed by atoms with Gasteiger partial charge in [0.15, 0.2) is 0 Å². The number of fused-ring (bicyclic) bond motifs is 2. The monoisotopic (exact) mass is 457 g/mol. The molecule has 170 valence electrons. The molecule has 0 saturated heterocycles. The third-order valence-corrected chi connectivity index (χ3v) is 8.26. The standard InChI is InChI=1S/C23H27N3O5S/c1-14-3-10-20(13-22(14)26(28)29)32(30,31)25-19-8-6-17(7-9-19)23(27)24-15(2)21-12-16-4-5-18(21)11-16/h3,6-10,13,15-16,18,21,25H,4-5,11-12H2,1-2H3,(H,24,27). The topological polar surface area (TPSA) is 118 Å². The Balaban J connectivity index is 1.41. The molecule has 2 saturated carbocycles. The molecule has 8 nitrogen and oxygen atoms in total. The molecule has 4 rings (SSSR count). The molecule has 4 unspecified atom stereocenters. The molecule has 2 N–H and O–H groups in total. The van der Waals surface area contributed by atoms with Gasteiger partial charge < -0.3 is 5.32 Å². The molecule has 0 spiro atoms. The van der Waals surface area contributed by atoms with Crippen LogP contribution in [0.4, 0.5) is 11.4 Å². The summed E-state index contributed by atoms with van der Waals surface area (Å²) in [6.45, 7) is 3.61. The van der Waals surface area contributed by atoms with E-state index in [4.69, 9.17) is 0 Å². The van der Waals surface area contributed by atoms with E-state index in [9.17, 15) is 23.3 Å². The molecule has 0 aromatic heterocycles. The molecule has 4 atom stereocenters. The second-order valence-corrected chi connectivity index (χ2v) is 10.7. The van der Waals surface area contributed by atoms with E-state index in [0.29, 0.717) is 23.0 Å². The van der Waals surface area contributed by atoms with Crippen molar-refractivity contribution >= 4 is 27.3 Å². The number of anilines is 1. The summed E-state index contributed by atoms with van der Waals surface area (Å²) in [4.78, 5) is 23.0. The number of aryl methyl sites for hydroxylation is 1. The van der Waals surface area contributed by atoms with E-state index in [2.05, 4.69) is 17.0 Å². The van der Waals surface area contributed by atoms with Crippen molar-refractivity contribution in [3.8, 4) is 0 Å². The van der Waals surface area contributed by atoms with E-state index in [1.54, 1.807) is 19.1 Å². The lowest BCUT2D eigenvalue weighted by atomic mass is 9.84. The number of nitrogens with one attached hydrogen (secondary N) is 2. The van der Waals surface area contributed by atoms with Gasteiger partial charge in [-0.2, -0.15) is 0 Å². The fourth-order valence-electron chi connectivity index (χ4n) is 5.16. The smallest absolute Gasteiger partial charge is 0.273 e. The number of benzene rings is 2. The van der Waals surface area contributed by atoms with Crippen LogP contribution in [0.2, 0.25) is 0 Å². The predicted molar refractivity (Wildman–Crippen MR) is 121 cm³/mol. The first kappa shape index (κ1) is 22.3. The van der Waals surface area contributed by atoms with Gasteiger partial charge >= 0.3 is 0 Å². The minimum Gasteiger partial charge on any atom is -0.349 e. The van der Waals surface area contributed by atoms with Gasteiger partial charge in [-0.1, -0.05) is 12.5 Å². The normalized spacial score (nSPS) is 23.0. The first-order valence-electron chi connectivity index (χ1n) is 10.8. The Labute approximate surface area is 187 Å². The summed E-state index contributed by atoms with van der Waals surface area (Å²) in [6.07, 6.45) is 5.04. The minimum absolute atomic E-state index is 0.105. The largest absolute Gasteiger partial charge is 0.349 e. The molecule has 2 aromatic rings. The van der Waals surface area contributed by atoms with E-state index in [1.165, 1.54) is 49.9 Å². The van der Waals surface area contributed by atoms with Gasteiger partial charge in [0, 0.05) is 28.9 Å². The minimum atomic E-state index is -4.01. The number of nitro groups is 1. The Morgan fingerprint density at radius 1 is 1.12 bits per heavy atom. The number of carbonyl (C=O) groups is 1. The molecule has 1 amide bonds. The van der Waals surface area contributed by atoms with Crippen molar-refractivity contribution in [2.75, 3.05) is 4.72 Å². The molecule has 2 aromatic carbocycles. The van der Waals surface area contributed by atoms with Gasteiger partial charge in [-0.25, -0.2) is 8.42 Å². The number of amides is 1. The number of nitrogens with zero attached hydrogens (tertiary/aromatic N) is 1. The second-order valence-electron chi connectivity index (χ2n) is 8.99. The van der Waals surface area contributed by atoms with Crippen LogP contribution in [0.15, 0.2) is 47.4 Å². The van der Waals surface area contributed by atoms with Crippen molar-refractivity contribution in [2.45, 2.75) is 50.5 Å². The third-order valence-electron chi connectivity index (χ3n) is 6.88. The van der Waals surface area contributed by atoms with E-state index in [0.717, 1.165) is 12.0 Å². The van der Waals surface area contributed by atoms with Crippen LogP contribution in [-0.2, 0) is 10.0 Å². The SMILES string of the molecule is Cc1ccc(S(=O)(=O)Nc2ccc(C(=O)NC(C)C3CC4CCC3C4)cc2)cc1[N+](=O)[O-]. The molecule has 2 aliphatic rings. The summed E-state index contributed by atoms with van der Waals surface area (Å²) in [5.74, 6) is 1.88. The van der Waals surface area contributed by atoms with Crippen LogP contribution < -0.4 is 10.0 Å². The number of nitro benzene ring substituents is 1. The highest BCUT2D eigenvalue weighted by atomic mass is 32.2. The van der Waals surface area contributed by atoms with Gasteiger partial charge in [0.2, 0.25) is 0 Å². The highest BCUT2D eigenvalue weighted by Crippen LogP contribution is 2.49. The number of sulfonamides is 1. The zero-order valence-corrected chi connectivity index (χ0v) is 18.9. The lowest BCUT2D eigenvalue weighted by molar-refractivity contribution is -0.385. The average Bonchev–Trinajstić information content (AvgIpc) is 3.37. The van der Waals surface area contributed by atoms with Crippen molar-refractivity contribution in [2.24, 2.45) is 17.8 Å². The van der Waals surface area contributed by atoms with Gasteiger partial charge in [0.05, 0.1) is 9.82 Å². The molecular formula is C23H27N3O5S. The fourth-order valence-corrected chi connectivity index (χ4v) is 6.24. The van der Waals surface area contributed by atoms with Crippen LogP contribution in [0.5, 0.6) is 0 Å². The van der Waals surface area contributed by atoms with Crippen molar-refractivity contribution in [1.29, 1.82) is 0 Å². The van der Waals surface area contributed by atoms with Crippen LogP contribution in [-0.4, -0.2) is 25.3 Å². The first-order valence-corrected chi connectivity index (χ1v) is 12.3. The molecule has 0 heterocycles. The lowest BCUT2D eigenvalue weighted by Crippen LogP contribution is -2.40. The maximum atomic E-state index is 12.7. The van der Waals surface area contributed by atoms with E-state index in [-0.39, 0.29) is 28.2 Å². The van der Waals surface area contributed by atoms with Gasteiger partial charge in [0.25, 0.3) is 21.6 Å². The fraction of sp³-hybridized carbons (Fsp3) is 0.435. The number of rotatable bonds is 7. The molecule has 2 bridgehead atoms. The molecule has 0 radical (unpaired) electrons. The summed E-state index contributed by atoms with van der Waals surface area (Å²) in [6, 6.07) is 10.0. The van der Waals surface area contributed by atoms with E-state index < -0.39 is 14.9 Å². The third kappa shape index (κ3) is 4.48. The Morgan fingerprint density at radius 3 is 2.44 bits per heavy atom. The Hall–Kier alpha value is -2.94. The summed E-state index contributed by atoms with van der Waals surface area (Å²) < 4.78 is 27.7. The molecule has 2 aliphatic carbocycles. The van der Waals surface area contributed by atoms with Crippen LogP contribution in [0.1, 0.15) is 48.5 Å². The Bertz CT molecular complexity index is 1150. The van der Waals surface area contributed by atoms with Crippen molar-refractivity contribution in [3.63, 3.8) is 0 Å². The van der Waals surface area contributed by atoms with Gasteiger partial charge in [0.1, 0.15) is 0 Å². The Morgan fingerprint density at radius 2 is 1.84 bits per heavy atom. The summed E-state index contributed by atoms with van der Waals surface area (Å²) >= 11 is 0. The zero-order chi connectivity index (χ0) is 23.0. The van der Waals surface area contributed by atoms with E-state index in [1.807, 2.05) is 0 Å². The lowest BCUT2D eigenvalue weighted by Gasteiger charge is -2.28. The van der Waals surface area contributed by atoms with Gasteiger partial charge in [-0.15, -0.1) is 0 Å². The van der Waals surface area contributed by atoms with Crippen LogP contribution in [0.25, 0.3) is 0 Å². The molecule has 9 heteroatoms. The molecular weight excluding hydrogens is 430 g/mol. The van der Waals surface area contributed by atoms with Crippen molar-refractivity contribution < 1.29 is 18.1 Å². The molecule has 32 heavy (non-hydrogen) atoms. The highest BCUT2D eigenvalue weighted by molar-refractivity contribution is 7.92. The van der Waals surface area contributed by atoms with E-state index >= 15 is 0 Å². The number of hydrogen-bond acceptors (Lipinski definition) is 5. The summed E-state index contributed by atoms with van der Waals surface area (Å²) in [7, 11) is -4.01. The second kappa shape index (κ2) is 8.54. The average molecular weight is 458 g/mol. The van der Waals surface area contributed by atoms with Crippen LogP contribution in [0, 0.1) is 34.8 Å². The first-order chi connectivity index (χ1) is 15.1. The van der Waals surface area contributed by atoms with Crippen LogP contribution in [0.3, 0.4) is 0 Å². The van der Waals surface area contributed by atoms with Crippen molar-refractivity contribution in [1.82, 2.24) is 5.32 Å².